The van der Waals surface area contributed by atoms with E-state index < -0.39 is 0 Å². The summed E-state index contributed by atoms with van der Waals surface area (Å²) in [4.78, 5) is 20.2. The number of aromatic nitrogens is 2. The minimum absolute atomic E-state index is 0.105. The van der Waals surface area contributed by atoms with E-state index in [9.17, 15) is 4.79 Å². The monoisotopic (exact) mass is 407 g/mol. The van der Waals surface area contributed by atoms with Gasteiger partial charge < -0.3 is 14.4 Å². The Bertz CT molecular complexity index is 1050. The number of hydrogen-bond acceptors (Lipinski definition) is 5. The molecule has 0 unspecified atom stereocenters. The summed E-state index contributed by atoms with van der Waals surface area (Å²) >= 11 is 0. The van der Waals surface area contributed by atoms with Crippen LogP contribution in [0.2, 0.25) is 0 Å². The molecule has 0 spiro atoms. The van der Waals surface area contributed by atoms with Gasteiger partial charge in [-0.25, -0.2) is 4.98 Å². The molecule has 2 aromatic carbocycles. The molecule has 3 aromatic rings. The maximum Gasteiger partial charge on any atom is 0.266 e. The van der Waals surface area contributed by atoms with Gasteiger partial charge in [-0.15, -0.1) is 0 Å². The van der Waals surface area contributed by atoms with Crippen LogP contribution in [0.15, 0.2) is 47.3 Å². The van der Waals surface area contributed by atoms with Gasteiger partial charge in [0.15, 0.2) is 0 Å². The SMILES string of the molecule is COc1ccc2nc(C)n(-c3ccc(OCCCN4CCCCC4)cc3)c(=O)c2c1. The molecule has 0 atom stereocenters. The number of piperidine rings is 1. The Balaban J connectivity index is 1.45. The summed E-state index contributed by atoms with van der Waals surface area (Å²) in [7, 11) is 1.59. The molecule has 0 amide bonds. The smallest absolute Gasteiger partial charge is 0.266 e. The highest BCUT2D eigenvalue weighted by molar-refractivity contribution is 5.79. The zero-order valence-corrected chi connectivity index (χ0v) is 17.8. The molecular formula is C24H29N3O3. The van der Waals surface area contributed by atoms with E-state index in [1.54, 1.807) is 17.7 Å². The molecule has 1 fully saturated rings. The number of ether oxygens (including phenoxy) is 2. The van der Waals surface area contributed by atoms with Gasteiger partial charge in [0.1, 0.15) is 17.3 Å². The maximum absolute atomic E-state index is 13.1. The van der Waals surface area contributed by atoms with Gasteiger partial charge in [0.05, 0.1) is 30.3 Å². The third kappa shape index (κ3) is 4.49. The Morgan fingerprint density at radius 1 is 1.00 bits per heavy atom. The van der Waals surface area contributed by atoms with Gasteiger partial charge in [-0.1, -0.05) is 6.42 Å². The van der Waals surface area contributed by atoms with Crippen molar-refractivity contribution in [1.82, 2.24) is 14.5 Å². The first-order chi connectivity index (χ1) is 14.7. The van der Waals surface area contributed by atoms with Crippen molar-refractivity contribution in [2.45, 2.75) is 32.6 Å². The highest BCUT2D eigenvalue weighted by atomic mass is 16.5. The molecule has 0 saturated carbocycles. The summed E-state index contributed by atoms with van der Waals surface area (Å²) in [6, 6.07) is 13.0. The first-order valence-electron chi connectivity index (χ1n) is 10.7. The van der Waals surface area contributed by atoms with Gasteiger partial charge in [-0.3, -0.25) is 9.36 Å². The molecule has 4 rings (SSSR count). The summed E-state index contributed by atoms with van der Waals surface area (Å²) in [5, 5.41) is 0.540. The van der Waals surface area contributed by atoms with Gasteiger partial charge in [-0.05, 0) is 81.7 Å². The van der Waals surface area contributed by atoms with Crippen molar-refractivity contribution in [1.29, 1.82) is 0 Å². The number of fused-ring (bicyclic) bond motifs is 1. The van der Waals surface area contributed by atoms with Gasteiger partial charge in [0.25, 0.3) is 5.56 Å². The van der Waals surface area contributed by atoms with E-state index in [0.29, 0.717) is 29.1 Å². The number of nitrogens with zero attached hydrogens (tertiary/aromatic N) is 3. The van der Waals surface area contributed by atoms with Crippen molar-refractivity contribution in [2.24, 2.45) is 0 Å². The lowest BCUT2D eigenvalue weighted by molar-refractivity contribution is 0.205. The quantitative estimate of drug-likeness (QED) is 0.555. The average molecular weight is 408 g/mol. The van der Waals surface area contributed by atoms with Crippen molar-refractivity contribution in [2.75, 3.05) is 33.4 Å². The second kappa shape index (κ2) is 9.30. The van der Waals surface area contributed by atoms with Crippen molar-refractivity contribution in [3.8, 4) is 17.2 Å². The normalized spacial score (nSPS) is 14.7. The van der Waals surface area contributed by atoms with Gasteiger partial charge in [0.2, 0.25) is 0 Å². The fourth-order valence-corrected chi connectivity index (χ4v) is 4.06. The highest BCUT2D eigenvalue weighted by Crippen LogP contribution is 2.20. The van der Waals surface area contributed by atoms with Crippen LogP contribution in [0.3, 0.4) is 0 Å². The molecule has 158 valence electrons. The molecular weight excluding hydrogens is 378 g/mol. The molecule has 0 radical (unpaired) electrons. The van der Waals surface area contributed by atoms with Crippen LogP contribution in [-0.4, -0.2) is 47.8 Å². The largest absolute Gasteiger partial charge is 0.497 e. The molecule has 6 heteroatoms. The number of hydrogen-bond donors (Lipinski definition) is 0. The summed E-state index contributed by atoms with van der Waals surface area (Å²) in [6.07, 6.45) is 5.02. The Morgan fingerprint density at radius 2 is 1.73 bits per heavy atom. The zero-order valence-electron chi connectivity index (χ0n) is 17.8. The van der Waals surface area contributed by atoms with Crippen LogP contribution in [0.1, 0.15) is 31.5 Å². The van der Waals surface area contributed by atoms with E-state index >= 15 is 0 Å². The second-order valence-electron chi connectivity index (χ2n) is 7.78. The topological polar surface area (TPSA) is 56.6 Å². The van der Waals surface area contributed by atoms with Crippen LogP contribution in [0.4, 0.5) is 0 Å². The van der Waals surface area contributed by atoms with E-state index in [4.69, 9.17) is 9.47 Å². The molecule has 1 aromatic heterocycles. The summed E-state index contributed by atoms with van der Waals surface area (Å²) in [5.41, 5.74) is 1.34. The van der Waals surface area contributed by atoms with Crippen molar-refractivity contribution in [3.05, 3.63) is 58.6 Å². The Morgan fingerprint density at radius 3 is 2.47 bits per heavy atom. The maximum atomic E-state index is 13.1. The van der Waals surface area contributed by atoms with Crippen LogP contribution >= 0.6 is 0 Å². The highest BCUT2D eigenvalue weighted by Gasteiger charge is 2.12. The summed E-state index contributed by atoms with van der Waals surface area (Å²) in [6.45, 7) is 6.07. The Kier molecular flexibility index (Phi) is 6.33. The molecule has 1 aliphatic heterocycles. The summed E-state index contributed by atoms with van der Waals surface area (Å²) in [5.74, 6) is 2.11. The first-order valence-corrected chi connectivity index (χ1v) is 10.7. The lowest BCUT2D eigenvalue weighted by Crippen LogP contribution is -2.31. The number of benzene rings is 2. The van der Waals surface area contributed by atoms with Gasteiger partial charge in [-0.2, -0.15) is 0 Å². The minimum Gasteiger partial charge on any atom is -0.497 e. The minimum atomic E-state index is -0.105. The molecule has 1 saturated heterocycles. The first kappa shape index (κ1) is 20.4. The fourth-order valence-electron chi connectivity index (χ4n) is 4.06. The molecule has 0 bridgehead atoms. The van der Waals surface area contributed by atoms with Crippen molar-refractivity contribution < 1.29 is 9.47 Å². The van der Waals surface area contributed by atoms with E-state index in [-0.39, 0.29) is 5.56 Å². The second-order valence-corrected chi connectivity index (χ2v) is 7.78. The van der Waals surface area contributed by atoms with E-state index in [1.807, 2.05) is 43.3 Å². The predicted octanol–water partition coefficient (Wildman–Crippen LogP) is 3.96. The number of likely N-dealkylation sites (tertiary alicyclic amines) is 1. The summed E-state index contributed by atoms with van der Waals surface area (Å²) < 4.78 is 12.8. The Hall–Kier alpha value is -2.86. The fraction of sp³-hybridized carbons (Fsp3) is 0.417. The predicted molar refractivity (Wildman–Crippen MR) is 119 cm³/mol. The molecule has 2 heterocycles. The van der Waals surface area contributed by atoms with Crippen LogP contribution in [-0.2, 0) is 0 Å². The zero-order chi connectivity index (χ0) is 20.9. The van der Waals surface area contributed by atoms with Gasteiger partial charge in [0, 0.05) is 6.54 Å². The lowest BCUT2D eigenvalue weighted by atomic mass is 10.1. The van der Waals surface area contributed by atoms with Gasteiger partial charge >= 0.3 is 0 Å². The average Bonchev–Trinajstić information content (AvgIpc) is 2.78. The number of rotatable bonds is 7. The molecule has 0 aliphatic carbocycles. The number of aryl methyl sites for hydroxylation is 1. The van der Waals surface area contributed by atoms with Crippen LogP contribution in [0, 0.1) is 6.92 Å². The van der Waals surface area contributed by atoms with E-state index in [1.165, 1.54) is 32.4 Å². The third-order valence-corrected chi connectivity index (χ3v) is 5.67. The number of methoxy groups -OCH3 is 1. The molecule has 0 N–H and O–H groups in total. The Labute approximate surface area is 177 Å². The third-order valence-electron chi connectivity index (χ3n) is 5.67. The lowest BCUT2D eigenvalue weighted by Gasteiger charge is -2.26. The molecule has 1 aliphatic rings. The molecule has 30 heavy (non-hydrogen) atoms. The van der Waals surface area contributed by atoms with Crippen molar-refractivity contribution in [3.63, 3.8) is 0 Å². The van der Waals surface area contributed by atoms with E-state index in [0.717, 1.165) is 24.4 Å². The van der Waals surface area contributed by atoms with Crippen molar-refractivity contribution >= 4 is 10.9 Å². The van der Waals surface area contributed by atoms with Crippen LogP contribution in [0.25, 0.3) is 16.6 Å². The van der Waals surface area contributed by atoms with E-state index in [2.05, 4.69) is 9.88 Å². The molecule has 6 nitrogen and oxygen atoms in total. The van der Waals surface area contributed by atoms with Crippen LogP contribution < -0.4 is 15.0 Å². The standard InChI is InChI=1S/C24H29N3O3/c1-18-25-23-12-11-21(29-2)17-22(23)24(28)27(18)19-7-9-20(10-8-19)30-16-6-15-26-13-4-3-5-14-26/h7-12,17H,3-6,13-16H2,1-2H3. The van der Waals surface area contributed by atoms with Crippen LogP contribution in [0.5, 0.6) is 11.5 Å².